The van der Waals surface area contributed by atoms with Gasteiger partial charge in [-0.15, -0.1) is 0 Å². The average Bonchev–Trinajstić information content (AvgIpc) is 3.34. The maximum Gasteiger partial charge on any atom is 0.278 e. The van der Waals surface area contributed by atoms with Crippen LogP contribution in [-0.4, -0.2) is 35.6 Å². The molecule has 2 N–H and O–H groups in total. The number of nitrogens with zero attached hydrogens (tertiary/aromatic N) is 6. The molecule has 4 heterocycles. The number of aromatic nitrogens is 5. The third kappa shape index (κ3) is 3.36. The Bertz CT molecular complexity index is 1430. The molecule has 0 unspecified atom stereocenters. The second-order valence-corrected chi connectivity index (χ2v) is 8.19. The monoisotopic (exact) mass is 429 g/mol. The number of aliphatic hydroxyl groups is 1. The molecule has 0 saturated carbocycles. The summed E-state index contributed by atoms with van der Waals surface area (Å²) in [6, 6.07) is 11.3. The summed E-state index contributed by atoms with van der Waals surface area (Å²) in [6.07, 6.45) is 4.25. The Morgan fingerprint density at radius 2 is 2.03 bits per heavy atom. The lowest BCUT2D eigenvalue weighted by molar-refractivity contribution is 0.0738. The molecule has 32 heavy (non-hydrogen) atoms. The molecule has 9 heteroatoms. The van der Waals surface area contributed by atoms with Gasteiger partial charge in [0.1, 0.15) is 11.0 Å². The lowest BCUT2D eigenvalue weighted by Gasteiger charge is -2.18. The number of nitrogens with one attached hydrogen (secondary N) is 1. The van der Waals surface area contributed by atoms with Gasteiger partial charge in [-0.25, -0.2) is 19.3 Å². The van der Waals surface area contributed by atoms with Gasteiger partial charge in [0, 0.05) is 31.1 Å². The van der Waals surface area contributed by atoms with Crippen molar-refractivity contribution < 1.29 is 5.11 Å². The van der Waals surface area contributed by atoms with E-state index in [4.69, 9.17) is 0 Å². The standard InChI is InChI=1S/C23H23N7O2/c1-4-29-21(31)16-13-25-22(26-15-9-8-14-10-11-24-17(14)12-15)28-20(16)30(29)19-7-5-6-18(27-19)23(2,3)32/h5-9,11-13,32H,4,10H2,1-3H3,(H,25,26,28). The summed E-state index contributed by atoms with van der Waals surface area (Å²) in [4.78, 5) is 30.9. The summed E-state index contributed by atoms with van der Waals surface area (Å²) < 4.78 is 3.23. The van der Waals surface area contributed by atoms with E-state index in [1.165, 1.54) is 11.8 Å². The minimum Gasteiger partial charge on any atom is -0.384 e. The SMILES string of the molecule is CCn1c(=O)c2cnc(Nc3ccc4c(c3)N=CC4)nc2n1-c1cccc(C(C)(C)O)n1. The highest BCUT2D eigenvalue weighted by atomic mass is 16.3. The van der Waals surface area contributed by atoms with Crippen molar-refractivity contribution in [3.8, 4) is 5.82 Å². The summed E-state index contributed by atoms with van der Waals surface area (Å²) in [5.41, 5.74) is 2.54. The van der Waals surface area contributed by atoms with Crippen LogP contribution in [0.2, 0.25) is 0 Å². The van der Waals surface area contributed by atoms with E-state index >= 15 is 0 Å². The third-order valence-electron chi connectivity index (χ3n) is 5.44. The van der Waals surface area contributed by atoms with Crippen LogP contribution in [0.25, 0.3) is 16.9 Å². The van der Waals surface area contributed by atoms with Gasteiger partial charge in [0.25, 0.3) is 5.56 Å². The molecule has 0 spiro atoms. The maximum absolute atomic E-state index is 13.0. The Labute approximate surface area is 184 Å². The number of pyridine rings is 1. The van der Waals surface area contributed by atoms with Crippen molar-refractivity contribution in [2.45, 2.75) is 39.3 Å². The van der Waals surface area contributed by atoms with Gasteiger partial charge < -0.3 is 10.4 Å². The molecule has 0 amide bonds. The van der Waals surface area contributed by atoms with Gasteiger partial charge in [0.05, 0.1) is 11.4 Å². The van der Waals surface area contributed by atoms with Crippen molar-refractivity contribution in [3.63, 3.8) is 0 Å². The fourth-order valence-corrected chi connectivity index (χ4v) is 3.79. The van der Waals surface area contributed by atoms with Crippen LogP contribution >= 0.6 is 0 Å². The number of aliphatic imine (C=N–C) groups is 1. The molecule has 1 aliphatic heterocycles. The highest BCUT2D eigenvalue weighted by Gasteiger charge is 2.21. The van der Waals surface area contributed by atoms with Gasteiger partial charge in [0.2, 0.25) is 5.95 Å². The molecule has 1 aromatic carbocycles. The first-order valence-electron chi connectivity index (χ1n) is 10.5. The average molecular weight is 429 g/mol. The molecule has 3 aromatic heterocycles. The first-order chi connectivity index (χ1) is 15.3. The van der Waals surface area contributed by atoms with Crippen LogP contribution in [0, 0.1) is 0 Å². The predicted octanol–water partition coefficient (Wildman–Crippen LogP) is 3.23. The molecule has 4 aromatic rings. The number of fused-ring (bicyclic) bond motifs is 2. The Morgan fingerprint density at radius 1 is 1.19 bits per heavy atom. The smallest absolute Gasteiger partial charge is 0.278 e. The Hall–Kier alpha value is -3.85. The summed E-state index contributed by atoms with van der Waals surface area (Å²) in [5.74, 6) is 0.857. The van der Waals surface area contributed by atoms with E-state index in [2.05, 4.69) is 25.3 Å². The minimum absolute atomic E-state index is 0.198. The van der Waals surface area contributed by atoms with Crippen LogP contribution in [0.5, 0.6) is 0 Å². The van der Waals surface area contributed by atoms with Crippen molar-refractivity contribution in [3.05, 3.63) is 64.2 Å². The van der Waals surface area contributed by atoms with Crippen molar-refractivity contribution >= 4 is 34.6 Å². The lowest BCUT2D eigenvalue weighted by Crippen LogP contribution is -2.23. The quantitative estimate of drug-likeness (QED) is 0.504. The second kappa shape index (κ2) is 7.38. The van der Waals surface area contributed by atoms with Crippen LogP contribution in [0.1, 0.15) is 32.0 Å². The van der Waals surface area contributed by atoms with E-state index in [0.717, 1.165) is 17.8 Å². The number of hydrogen-bond donors (Lipinski definition) is 2. The molecule has 0 aliphatic carbocycles. The fourth-order valence-electron chi connectivity index (χ4n) is 3.79. The minimum atomic E-state index is -1.12. The Kier molecular flexibility index (Phi) is 4.63. The van der Waals surface area contributed by atoms with Gasteiger partial charge in [-0.1, -0.05) is 12.1 Å². The van der Waals surface area contributed by atoms with Crippen LogP contribution in [0.3, 0.4) is 0 Å². The van der Waals surface area contributed by atoms with Gasteiger partial charge >= 0.3 is 0 Å². The molecule has 9 nitrogen and oxygen atoms in total. The number of anilines is 2. The Balaban J connectivity index is 1.63. The van der Waals surface area contributed by atoms with E-state index in [9.17, 15) is 9.90 Å². The molecule has 5 rings (SSSR count). The normalized spacial score (nSPS) is 13.0. The summed E-state index contributed by atoms with van der Waals surface area (Å²) in [5, 5.41) is 14.0. The van der Waals surface area contributed by atoms with Crippen LogP contribution in [-0.2, 0) is 18.6 Å². The number of rotatable bonds is 5. The largest absolute Gasteiger partial charge is 0.384 e. The fraction of sp³-hybridized carbons (Fsp3) is 0.261. The van der Waals surface area contributed by atoms with E-state index in [1.807, 2.05) is 31.3 Å². The van der Waals surface area contributed by atoms with Gasteiger partial charge in [0.15, 0.2) is 11.5 Å². The van der Waals surface area contributed by atoms with Crippen molar-refractivity contribution in [1.82, 2.24) is 24.3 Å². The van der Waals surface area contributed by atoms with Crippen LogP contribution < -0.4 is 10.9 Å². The zero-order chi connectivity index (χ0) is 22.5. The van der Waals surface area contributed by atoms with Gasteiger partial charge in [-0.05, 0) is 50.6 Å². The maximum atomic E-state index is 13.0. The molecule has 162 valence electrons. The second-order valence-electron chi connectivity index (χ2n) is 8.19. The van der Waals surface area contributed by atoms with Crippen molar-refractivity contribution in [1.29, 1.82) is 0 Å². The van der Waals surface area contributed by atoms with Crippen LogP contribution in [0.15, 0.2) is 52.4 Å². The summed E-state index contributed by atoms with van der Waals surface area (Å²) in [6.45, 7) is 5.65. The highest BCUT2D eigenvalue weighted by molar-refractivity contribution is 5.79. The van der Waals surface area contributed by atoms with E-state index in [-0.39, 0.29) is 5.56 Å². The predicted molar refractivity (Wildman–Crippen MR) is 123 cm³/mol. The van der Waals surface area contributed by atoms with Crippen molar-refractivity contribution in [2.75, 3.05) is 5.32 Å². The molecular weight excluding hydrogens is 406 g/mol. The number of hydrogen-bond acceptors (Lipinski definition) is 7. The first-order valence-corrected chi connectivity index (χ1v) is 10.5. The van der Waals surface area contributed by atoms with E-state index < -0.39 is 5.60 Å². The van der Waals surface area contributed by atoms with E-state index in [1.54, 1.807) is 41.4 Å². The molecule has 0 bridgehead atoms. The summed E-state index contributed by atoms with van der Waals surface area (Å²) in [7, 11) is 0. The molecule has 0 atom stereocenters. The van der Waals surface area contributed by atoms with E-state index in [0.29, 0.717) is 35.0 Å². The molecule has 0 saturated heterocycles. The molecule has 0 radical (unpaired) electrons. The molecule has 0 fully saturated rings. The van der Waals surface area contributed by atoms with Crippen molar-refractivity contribution in [2.24, 2.45) is 4.99 Å². The van der Waals surface area contributed by atoms with Gasteiger partial charge in [-0.2, -0.15) is 4.98 Å². The Morgan fingerprint density at radius 3 is 2.81 bits per heavy atom. The first kappa shape index (κ1) is 20.1. The zero-order valence-corrected chi connectivity index (χ0v) is 18.1. The summed E-state index contributed by atoms with van der Waals surface area (Å²) >= 11 is 0. The highest BCUT2D eigenvalue weighted by Crippen LogP contribution is 2.29. The lowest BCUT2D eigenvalue weighted by atomic mass is 10.1. The van der Waals surface area contributed by atoms with Crippen LogP contribution in [0.4, 0.5) is 17.3 Å². The zero-order valence-electron chi connectivity index (χ0n) is 18.1. The topological polar surface area (TPSA) is 110 Å². The van der Waals surface area contributed by atoms with Gasteiger partial charge in [-0.3, -0.25) is 9.79 Å². The molecule has 1 aliphatic rings. The third-order valence-corrected chi connectivity index (χ3v) is 5.44. The number of benzene rings is 1. The molecular formula is C23H23N7O2.